The Morgan fingerprint density at radius 2 is 2.26 bits per heavy atom. The zero-order valence-corrected chi connectivity index (χ0v) is 15.4. The van der Waals surface area contributed by atoms with Crippen LogP contribution in [0, 0.1) is 0 Å². The van der Waals surface area contributed by atoms with E-state index in [1.165, 1.54) is 10.7 Å². The van der Waals surface area contributed by atoms with E-state index in [-0.39, 0.29) is 0 Å². The van der Waals surface area contributed by atoms with Crippen LogP contribution in [0.2, 0.25) is 0 Å². The Kier molecular flexibility index (Phi) is 6.65. The van der Waals surface area contributed by atoms with Crippen LogP contribution in [0.4, 0.5) is 0 Å². The van der Waals surface area contributed by atoms with E-state index >= 15 is 0 Å². The van der Waals surface area contributed by atoms with Crippen LogP contribution in [0.25, 0.3) is 0 Å². The molecule has 5 nitrogen and oxygen atoms in total. The SMILES string of the molecule is CCNC(=NCCc1csc(CC)n1)N(C)Cc1cccn1C. The van der Waals surface area contributed by atoms with Crippen LogP contribution in [-0.2, 0) is 26.4 Å². The highest BCUT2D eigenvalue weighted by Crippen LogP contribution is 2.10. The Morgan fingerprint density at radius 3 is 2.87 bits per heavy atom. The fraction of sp³-hybridized carbons (Fsp3) is 0.529. The van der Waals surface area contributed by atoms with Crippen LogP contribution in [0.5, 0.6) is 0 Å². The third-order valence-corrected chi connectivity index (χ3v) is 4.72. The normalized spacial score (nSPS) is 11.7. The Morgan fingerprint density at radius 1 is 1.43 bits per heavy atom. The second-order valence-corrected chi connectivity index (χ2v) is 6.48. The summed E-state index contributed by atoms with van der Waals surface area (Å²) in [5.41, 5.74) is 2.42. The Balaban J connectivity index is 1.94. The predicted octanol–water partition coefficient (Wildman–Crippen LogP) is 2.68. The first-order valence-electron chi connectivity index (χ1n) is 8.17. The van der Waals surface area contributed by atoms with E-state index < -0.39 is 0 Å². The number of nitrogens with zero attached hydrogens (tertiary/aromatic N) is 4. The van der Waals surface area contributed by atoms with Gasteiger partial charge in [0.2, 0.25) is 0 Å². The van der Waals surface area contributed by atoms with Gasteiger partial charge >= 0.3 is 0 Å². The molecule has 0 radical (unpaired) electrons. The van der Waals surface area contributed by atoms with Crippen LogP contribution in [0.1, 0.15) is 30.2 Å². The number of aromatic nitrogens is 2. The summed E-state index contributed by atoms with van der Waals surface area (Å²) in [6.07, 6.45) is 3.97. The molecule has 0 spiro atoms. The number of nitrogens with one attached hydrogen (secondary N) is 1. The van der Waals surface area contributed by atoms with Crippen molar-refractivity contribution >= 4 is 17.3 Å². The summed E-state index contributed by atoms with van der Waals surface area (Å²) in [5, 5.41) is 6.72. The summed E-state index contributed by atoms with van der Waals surface area (Å²) in [5.74, 6) is 0.944. The minimum Gasteiger partial charge on any atom is -0.357 e. The molecular weight excluding hydrogens is 306 g/mol. The summed E-state index contributed by atoms with van der Waals surface area (Å²) < 4.78 is 2.14. The average molecular weight is 334 g/mol. The van der Waals surface area contributed by atoms with Crippen molar-refractivity contribution < 1.29 is 0 Å². The number of aryl methyl sites for hydroxylation is 2. The summed E-state index contributed by atoms with van der Waals surface area (Å²) in [6, 6.07) is 4.21. The van der Waals surface area contributed by atoms with Gasteiger partial charge in [-0.25, -0.2) is 4.98 Å². The van der Waals surface area contributed by atoms with E-state index in [9.17, 15) is 0 Å². The van der Waals surface area contributed by atoms with Crippen molar-refractivity contribution in [3.63, 3.8) is 0 Å². The fourth-order valence-electron chi connectivity index (χ4n) is 2.35. The molecule has 0 aliphatic heterocycles. The van der Waals surface area contributed by atoms with Gasteiger partial charge in [0.1, 0.15) is 0 Å². The van der Waals surface area contributed by atoms with E-state index in [1.807, 2.05) is 0 Å². The van der Waals surface area contributed by atoms with Gasteiger partial charge in [-0.3, -0.25) is 4.99 Å². The number of hydrogen-bond donors (Lipinski definition) is 1. The minimum atomic E-state index is 0.757. The maximum absolute atomic E-state index is 4.74. The van der Waals surface area contributed by atoms with E-state index in [0.717, 1.165) is 44.1 Å². The maximum Gasteiger partial charge on any atom is 0.194 e. The Hall–Kier alpha value is -1.82. The lowest BCUT2D eigenvalue weighted by Gasteiger charge is -2.22. The summed E-state index contributed by atoms with van der Waals surface area (Å²) in [4.78, 5) is 11.5. The zero-order valence-electron chi connectivity index (χ0n) is 14.5. The van der Waals surface area contributed by atoms with Gasteiger partial charge in [0.15, 0.2) is 5.96 Å². The third kappa shape index (κ3) is 5.10. The third-order valence-electron chi connectivity index (χ3n) is 3.68. The largest absolute Gasteiger partial charge is 0.357 e. The van der Waals surface area contributed by atoms with E-state index in [4.69, 9.17) is 4.99 Å². The molecular formula is C17H27N5S. The molecule has 126 valence electrons. The Bertz CT molecular complexity index is 628. The molecule has 0 unspecified atom stereocenters. The number of hydrogen-bond acceptors (Lipinski definition) is 3. The molecule has 0 aromatic carbocycles. The predicted molar refractivity (Wildman–Crippen MR) is 98.1 cm³/mol. The molecule has 2 rings (SSSR count). The fourth-order valence-corrected chi connectivity index (χ4v) is 3.13. The average Bonchev–Trinajstić information content (AvgIpc) is 3.16. The Labute approximate surface area is 143 Å². The molecule has 0 saturated heterocycles. The highest BCUT2D eigenvalue weighted by atomic mass is 32.1. The minimum absolute atomic E-state index is 0.757. The number of rotatable bonds is 7. The van der Waals surface area contributed by atoms with Gasteiger partial charge in [-0.15, -0.1) is 11.3 Å². The van der Waals surface area contributed by atoms with Crippen molar-refractivity contribution in [1.82, 2.24) is 19.8 Å². The van der Waals surface area contributed by atoms with Gasteiger partial charge in [0.25, 0.3) is 0 Å². The first-order valence-corrected chi connectivity index (χ1v) is 9.05. The molecule has 2 aromatic rings. The molecule has 0 amide bonds. The molecule has 0 bridgehead atoms. The second-order valence-electron chi connectivity index (χ2n) is 5.54. The first-order chi connectivity index (χ1) is 11.1. The number of aliphatic imine (C=N–C) groups is 1. The maximum atomic E-state index is 4.74. The molecule has 1 N–H and O–H groups in total. The van der Waals surface area contributed by atoms with Crippen molar-refractivity contribution in [2.24, 2.45) is 12.0 Å². The first kappa shape index (κ1) is 17.5. The standard InChI is InChI=1S/C17H27N5S/c1-5-16-20-14(13-23-16)9-10-19-17(18-6-2)22(4)12-15-8-7-11-21(15)3/h7-8,11,13H,5-6,9-10,12H2,1-4H3,(H,18,19). The smallest absolute Gasteiger partial charge is 0.194 e. The van der Waals surface area contributed by atoms with Gasteiger partial charge in [-0.05, 0) is 25.5 Å². The lowest BCUT2D eigenvalue weighted by molar-refractivity contribution is 0.462. The van der Waals surface area contributed by atoms with Gasteiger partial charge in [-0.1, -0.05) is 6.92 Å². The van der Waals surface area contributed by atoms with E-state index in [1.54, 1.807) is 11.3 Å². The van der Waals surface area contributed by atoms with Crippen LogP contribution in [0.15, 0.2) is 28.7 Å². The van der Waals surface area contributed by atoms with Crippen molar-refractivity contribution in [2.45, 2.75) is 33.2 Å². The van der Waals surface area contributed by atoms with Gasteiger partial charge in [0, 0.05) is 50.9 Å². The quantitative estimate of drug-likeness (QED) is 0.626. The molecule has 0 atom stereocenters. The number of thiazole rings is 1. The molecule has 2 aromatic heterocycles. The lowest BCUT2D eigenvalue weighted by Crippen LogP contribution is -2.39. The number of guanidine groups is 1. The van der Waals surface area contributed by atoms with Crippen LogP contribution >= 0.6 is 11.3 Å². The molecule has 6 heteroatoms. The summed E-state index contributed by atoms with van der Waals surface area (Å²) in [7, 11) is 4.15. The second kappa shape index (κ2) is 8.72. The topological polar surface area (TPSA) is 45.5 Å². The van der Waals surface area contributed by atoms with Gasteiger partial charge < -0.3 is 14.8 Å². The van der Waals surface area contributed by atoms with Crippen molar-refractivity contribution in [3.8, 4) is 0 Å². The van der Waals surface area contributed by atoms with Crippen LogP contribution in [-0.4, -0.2) is 40.5 Å². The summed E-state index contributed by atoms with van der Waals surface area (Å²) in [6.45, 7) is 6.70. The molecule has 0 fully saturated rings. The highest BCUT2D eigenvalue weighted by Gasteiger charge is 2.08. The zero-order chi connectivity index (χ0) is 16.7. The van der Waals surface area contributed by atoms with Crippen LogP contribution < -0.4 is 5.32 Å². The van der Waals surface area contributed by atoms with Crippen molar-refractivity contribution in [3.05, 3.63) is 40.1 Å². The van der Waals surface area contributed by atoms with E-state index in [0.29, 0.717) is 0 Å². The van der Waals surface area contributed by atoms with Crippen molar-refractivity contribution in [1.29, 1.82) is 0 Å². The van der Waals surface area contributed by atoms with Gasteiger partial charge in [0.05, 0.1) is 17.2 Å². The van der Waals surface area contributed by atoms with Gasteiger partial charge in [-0.2, -0.15) is 0 Å². The highest BCUT2D eigenvalue weighted by molar-refractivity contribution is 7.09. The molecule has 23 heavy (non-hydrogen) atoms. The summed E-state index contributed by atoms with van der Waals surface area (Å²) >= 11 is 1.74. The molecule has 0 aliphatic carbocycles. The van der Waals surface area contributed by atoms with Crippen molar-refractivity contribution in [2.75, 3.05) is 20.1 Å². The monoisotopic (exact) mass is 333 g/mol. The lowest BCUT2D eigenvalue weighted by atomic mass is 10.3. The molecule has 0 aliphatic rings. The molecule has 0 saturated carbocycles. The van der Waals surface area contributed by atoms with Crippen LogP contribution in [0.3, 0.4) is 0 Å². The molecule has 2 heterocycles. The van der Waals surface area contributed by atoms with E-state index in [2.05, 4.69) is 71.4 Å².